The van der Waals surface area contributed by atoms with Crippen LogP contribution >= 0.6 is 22.7 Å². The van der Waals surface area contributed by atoms with Crippen LogP contribution in [0.5, 0.6) is 0 Å². The highest BCUT2D eigenvalue weighted by atomic mass is 32.1. The highest BCUT2D eigenvalue weighted by Gasteiger charge is 2.21. The second kappa shape index (κ2) is 14.2. The molecule has 11 aromatic rings. The maximum absolute atomic E-state index is 2.45. The summed E-state index contributed by atoms with van der Waals surface area (Å²) in [5, 5.41) is 5.12. The van der Waals surface area contributed by atoms with Crippen LogP contribution in [-0.4, -0.2) is 4.57 Å². The van der Waals surface area contributed by atoms with Crippen LogP contribution in [0.1, 0.15) is 4.88 Å². The first-order chi connectivity index (χ1) is 28.7. The molecule has 0 unspecified atom stereocenters. The second-order valence-corrected chi connectivity index (χ2v) is 17.0. The molecule has 5 heteroatoms. The van der Waals surface area contributed by atoms with Crippen LogP contribution in [0.4, 0.5) is 34.1 Å². The van der Waals surface area contributed by atoms with Gasteiger partial charge in [-0.15, -0.1) is 22.7 Å². The molecular weight excluding hydrogens is 743 g/mol. The van der Waals surface area contributed by atoms with Crippen LogP contribution in [0.15, 0.2) is 206 Å². The highest BCUT2D eigenvalue weighted by Crippen LogP contribution is 2.47. The number of rotatable bonds is 8. The Kier molecular flexibility index (Phi) is 8.42. The van der Waals surface area contributed by atoms with E-state index in [1.165, 1.54) is 57.3 Å². The first-order valence-corrected chi connectivity index (χ1v) is 21.2. The molecule has 0 amide bonds. The number of anilines is 6. The number of aryl methyl sites for hydroxylation is 1. The maximum Gasteiger partial charge on any atom is 0.0555 e. The summed E-state index contributed by atoms with van der Waals surface area (Å²) in [5.41, 5.74) is 11.5. The number of fused-ring (bicyclic) bond motifs is 7. The zero-order chi connectivity index (χ0) is 38.6. The zero-order valence-corrected chi connectivity index (χ0v) is 33.4. The van der Waals surface area contributed by atoms with Crippen molar-refractivity contribution in [3.8, 4) is 16.1 Å². The average Bonchev–Trinajstić information content (AvgIpc) is 3.98. The minimum absolute atomic E-state index is 1.11. The van der Waals surface area contributed by atoms with Crippen molar-refractivity contribution in [1.29, 1.82) is 0 Å². The molecule has 0 spiro atoms. The van der Waals surface area contributed by atoms with Crippen molar-refractivity contribution in [3.05, 3.63) is 211 Å². The molecule has 3 heterocycles. The number of benzene rings is 8. The predicted octanol–water partition coefficient (Wildman–Crippen LogP) is 16.1. The third-order valence-electron chi connectivity index (χ3n) is 11.1. The van der Waals surface area contributed by atoms with Crippen molar-refractivity contribution in [2.45, 2.75) is 6.92 Å². The Morgan fingerprint density at radius 2 is 0.931 bits per heavy atom. The van der Waals surface area contributed by atoms with Gasteiger partial charge >= 0.3 is 0 Å². The smallest absolute Gasteiger partial charge is 0.0555 e. The Labute approximate surface area is 345 Å². The van der Waals surface area contributed by atoms with Gasteiger partial charge in [-0.25, -0.2) is 0 Å². The van der Waals surface area contributed by atoms with Gasteiger partial charge < -0.3 is 14.4 Å². The summed E-state index contributed by atoms with van der Waals surface area (Å²) >= 11 is 3.76. The van der Waals surface area contributed by atoms with E-state index in [1.807, 2.05) is 22.7 Å². The SMILES string of the molecule is Cc1ccc(-c2ccc3sc4c(ccc5c4c4cc(N(c6ccccc6)c6ccccc6)ccc4n5-c4ccc(N(c5ccccc5)c5ccccc5)cc4)c3c2)s1. The zero-order valence-electron chi connectivity index (χ0n) is 31.8. The van der Waals surface area contributed by atoms with E-state index in [4.69, 9.17) is 0 Å². The molecule has 0 radical (unpaired) electrons. The highest BCUT2D eigenvalue weighted by molar-refractivity contribution is 7.26. The predicted molar refractivity (Wildman–Crippen MR) is 251 cm³/mol. The number of para-hydroxylation sites is 4. The molecule has 0 saturated carbocycles. The van der Waals surface area contributed by atoms with E-state index in [-0.39, 0.29) is 0 Å². The summed E-state index contributed by atoms with van der Waals surface area (Å²) in [7, 11) is 0. The minimum atomic E-state index is 1.11. The lowest BCUT2D eigenvalue weighted by Gasteiger charge is -2.26. The Balaban J connectivity index is 1.14. The first kappa shape index (κ1) is 34.3. The monoisotopic (exact) mass is 779 g/mol. The third kappa shape index (κ3) is 5.87. The molecule has 0 aliphatic rings. The molecule has 0 atom stereocenters. The minimum Gasteiger partial charge on any atom is -0.311 e. The largest absolute Gasteiger partial charge is 0.311 e. The van der Waals surface area contributed by atoms with Crippen LogP contribution in [0, 0.1) is 6.92 Å². The van der Waals surface area contributed by atoms with Crippen LogP contribution in [0.2, 0.25) is 0 Å². The molecule has 8 aromatic carbocycles. The number of thiophene rings is 2. The third-order valence-corrected chi connectivity index (χ3v) is 13.3. The van der Waals surface area contributed by atoms with E-state index >= 15 is 0 Å². The fraction of sp³-hybridized carbons (Fsp3) is 0.0189. The molecule has 3 aromatic heterocycles. The quantitative estimate of drug-likeness (QED) is 0.152. The van der Waals surface area contributed by atoms with Crippen molar-refractivity contribution >= 4 is 98.8 Å². The molecular formula is C53H37N3S2. The van der Waals surface area contributed by atoms with Gasteiger partial charge in [0.05, 0.1) is 11.0 Å². The molecule has 0 N–H and O–H groups in total. The van der Waals surface area contributed by atoms with Crippen molar-refractivity contribution in [1.82, 2.24) is 4.57 Å². The van der Waals surface area contributed by atoms with E-state index in [2.05, 4.69) is 228 Å². The number of nitrogens with zero attached hydrogens (tertiary/aromatic N) is 3. The Morgan fingerprint density at radius 1 is 0.397 bits per heavy atom. The molecule has 0 aliphatic carbocycles. The summed E-state index contributed by atoms with van der Waals surface area (Å²) in [6, 6.07) is 74.7. The van der Waals surface area contributed by atoms with Gasteiger partial charge in [-0.1, -0.05) is 84.9 Å². The standard InChI is InChI=1S/C53H37N3S2/c1-36-22-32-50(57-36)37-23-33-51-46(34-37)45-29-31-49-52(53(45)58-51)47-35-44(55(40-18-10-4-11-19-40)41-20-12-5-13-21-41)28-30-48(47)56(49)43-26-24-42(25-27-43)54(38-14-6-2-7-15-38)39-16-8-3-9-17-39/h2-35H,1H3. The lowest BCUT2D eigenvalue weighted by molar-refractivity contribution is 1.17. The molecule has 0 bridgehead atoms. The van der Waals surface area contributed by atoms with Gasteiger partial charge in [-0.05, 0) is 134 Å². The Morgan fingerprint density at radius 3 is 1.50 bits per heavy atom. The van der Waals surface area contributed by atoms with Crippen molar-refractivity contribution < 1.29 is 0 Å². The molecule has 0 aliphatic heterocycles. The number of hydrogen-bond donors (Lipinski definition) is 0. The van der Waals surface area contributed by atoms with E-state index in [0.717, 1.165) is 39.8 Å². The van der Waals surface area contributed by atoms with Gasteiger partial charge in [0.2, 0.25) is 0 Å². The Bertz CT molecular complexity index is 3140. The summed E-state index contributed by atoms with van der Waals surface area (Å²) in [6.07, 6.45) is 0. The molecule has 276 valence electrons. The summed E-state index contributed by atoms with van der Waals surface area (Å²) < 4.78 is 5.07. The van der Waals surface area contributed by atoms with E-state index in [0.29, 0.717) is 0 Å². The van der Waals surface area contributed by atoms with Crippen molar-refractivity contribution in [2.24, 2.45) is 0 Å². The fourth-order valence-electron chi connectivity index (χ4n) is 8.44. The molecule has 11 rings (SSSR count). The van der Waals surface area contributed by atoms with Gasteiger partial charge in [-0.2, -0.15) is 0 Å². The normalized spacial score (nSPS) is 11.5. The van der Waals surface area contributed by atoms with Crippen molar-refractivity contribution in [2.75, 3.05) is 9.80 Å². The van der Waals surface area contributed by atoms with Crippen molar-refractivity contribution in [3.63, 3.8) is 0 Å². The summed E-state index contributed by atoms with van der Waals surface area (Å²) in [6.45, 7) is 2.18. The van der Waals surface area contributed by atoms with E-state index in [9.17, 15) is 0 Å². The number of aromatic nitrogens is 1. The van der Waals surface area contributed by atoms with Gasteiger partial charge in [0.25, 0.3) is 0 Å². The molecule has 58 heavy (non-hydrogen) atoms. The van der Waals surface area contributed by atoms with Crippen LogP contribution in [-0.2, 0) is 0 Å². The van der Waals surface area contributed by atoms with Crippen LogP contribution in [0.25, 0.3) is 58.1 Å². The lowest BCUT2D eigenvalue weighted by atomic mass is 10.1. The van der Waals surface area contributed by atoms with Crippen LogP contribution < -0.4 is 9.80 Å². The van der Waals surface area contributed by atoms with Gasteiger partial charge in [-0.3, -0.25) is 0 Å². The van der Waals surface area contributed by atoms with Gasteiger partial charge in [0.1, 0.15) is 0 Å². The second-order valence-electron chi connectivity index (χ2n) is 14.6. The summed E-state index contributed by atoms with van der Waals surface area (Å²) in [5.74, 6) is 0. The summed E-state index contributed by atoms with van der Waals surface area (Å²) in [4.78, 5) is 7.32. The molecule has 0 saturated heterocycles. The lowest BCUT2D eigenvalue weighted by Crippen LogP contribution is -2.10. The molecule has 3 nitrogen and oxygen atoms in total. The van der Waals surface area contributed by atoms with E-state index in [1.54, 1.807) is 0 Å². The van der Waals surface area contributed by atoms with Crippen LogP contribution in [0.3, 0.4) is 0 Å². The van der Waals surface area contributed by atoms with Gasteiger partial charge in [0, 0.05) is 80.5 Å². The Hall–Kier alpha value is -6.92. The topological polar surface area (TPSA) is 11.4 Å². The van der Waals surface area contributed by atoms with E-state index < -0.39 is 0 Å². The molecule has 0 fully saturated rings. The van der Waals surface area contributed by atoms with Gasteiger partial charge in [0.15, 0.2) is 0 Å². The number of hydrogen-bond acceptors (Lipinski definition) is 4. The first-order valence-electron chi connectivity index (χ1n) is 19.6. The fourth-order valence-corrected chi connectivity index (χ4v) is 10.5. The average molecular weight is 780 g/mol. The maximum atomic E-state index is 2.45.